The lowest BCUT2D eigenvalue weighted by Gasteiger charge is -2.42. The van der Waals surface area contributed by atoms with Gasteiger partial charge in [-0.2, -0.15) is 4.68 Å². The number of rotatable bonds is 8. The zero-order chi connectivity index (χ0) is 18.1. The number of carboxylic acid groups (broad SMARTS) is 1. The Bertz CT molecular complexity index is 764. The van der Waals surface area contributed by atoms with E-state index in [0.29, 0.717) is 17.9 Å². The van der Waals surface area contributed by atoms with Crippen molar-refractivity contribution in [2.24, 2.45) is 5.92 Å². The van der Waals surface area contributed by atoms with E-state index in [2.05, 4.69) is 25.7 Å². The number of aliphatic carboxylic acids is 1. The van der Waals surface area contributed by atoms with Crippen molar-refractivity contribution in [2.45, 2.75) is 44.7 Å². The lowest BCUT2D eigenvalue weighted by atomic mass is 9.85. The van der Waals surface area contributed by atoms with Gasteiger partial charge in [0.1, 0.15) is 0 Å². The Morgan fingerprint density at radius 2 is 2.04 bits per heavy atom. The van der Waals surface area contributed by atoms with Crippen molar-refractivity contribution in [3.8, 4) is 5.69 Å². The summed E-state index contributed by atoms with van der Waals surface area (Å²) in [6.45, 7) is 3.08. The number of nitrogens with zero attached hydrogens (tertiary/aromatic N) is 5. The van der Waals surface area contributed by atoms with Gasteiger partial charge in [-0.3, -0.25) is 9.69 Å². The molecule has 8 heteroatoms. The Labute approximate surface area is 152 Å². The number of tetrazole rings is 1. The van der Waals surface area contributed by atoms with Gasteiger partial charge in [0.05, 0.1) is 12.2 Å². The Morgan fingerprint density at radius 3 is 2.69 bits per heavy atom. The number of anilines is 1. The molecule has 2 aromatic rings. The average molecular weight is 356 g/mol. The molecule has 0 bridgehead atoms. The maximum absolute atomic E-state index is 11.1. The number of hydrogen-bond donors (Lipinski definition) is 2. The molecule has 0 saturated heterocycles. The van der Waals surface area contributed by atoms with Crippen molar-refractivity contribution in [3.63, 3.8) is 0 Å². The molecule has 2 fully saturated rings. The van der Waals surface area contributed by atoms with Crippen molar-refractivity contribution in [2.75, 3.05) is 18.4 Å². The Hall–Kier alpha value is -2.48. The van der Waals surface area contributed by atoms with Crippen molar-refractivity contribution in [3.05, 3.63) is 29.8 Å². The first-order valence-corrected chi connectivity index (χ1v) is 9.16. The first kappa shape index (κ1) is 17.0. The van der Waals surface area contributed by atoms with E-state index in [9.17, 15) is 4.79 Å². The number of aryl methyl sites for hydroxylation is 1. The van der Waals surface area contributed by atoms with Crippen LogP contribution >= 0.6 is 0 Å². The van der Waals surface area contributed by atoms with E-state index in [0.717, 1.165) is 25.1 Å². The Balaban J connectivity index is 1.36. The highest BCUT2D eigenvalue weighted by atomic mass is 16.4. The van der Waals surface area contributed by atoms with Gasteiger partial charge in [0.2, 0.25) is 5.95 Å². The predicted octanol–water partition coefficient (Wildman–Crippen LogP) is 1.71. The monoisotopic (exact) mass is 356 g/mol. The van der Waals surface area contributed by atoms with Gasteiger partial charge >= 0.3 is 5.97 Å². The normalized spacial score (nSPS) is 22.2. The van der Waals surface area contributed by atoms with Gasteiger partial charge in [0, 0.05) is 18.6 Å². The lowest BCUT2D eigenvalue weighted by Crippen LogP contribution is -2.52. The Morgan fingerprint density at radius 1 is 1.31 bits per heavy atom. The Kier molecular flexibility index (Phi) is 4.58. The van der Waals surface area contributed by atoms with Gasteiger partial charge in [-0.05, 0) is 61.1 Å². The van der Waals surface area contributed by atoms with Gasteiger partial charge in [-0.25, -0.2) is 0 Å². The SMILES string of the molecule is Cc1ccc(-n2nnnc2NC2CC(N(CC(=O)O)CC3CC3)C2)cc1. The third kappa shape index (κ3) is 3.85. The molecule has 2 saturated carbocycles. The van der Waals surface area contributed by atoms with Gasteiger partial charge in [-0.1, -0.05) is 22.8 Å². The molecule has 0 unspecified atom stereocenters. The number of hydrogen-bond acceptors (Lipinski definition) is 6. The quantitative estimate of drug-likeness (QED) is 0.743. The van der Waals surface area contributed by atoms with Crippen LogP contribution < -0.4 is 5.32 Å². The second-order valence-electron chi connectivity index (χ2n) is 7.48. The van der Waals surface area contributed by atoms with Gasteiger partial charge in [0.15, 0.2) is 0 Å². The van der Waals surface area contributed by atoms with E-state index >= 15 is 0 Å². The average Bonchev–Trinajstić information content (AvgIpc) is 3.26. The minimum absolute atomic E-state index is 0.134. The van der Waals surface area contributed by atoms with Crippen LogP contribution in [0.4, 0.5) is 5.95 Å². The van der Waals surface area contributed by atoms with Gasteiger partial charge in [-0.15, -0.1) is 0 Å². The number of benzene rings is 1. The highest BCUT2D eigenvalue weighted by molar-refractivity contribution is 5.69. The summed E-state index contributed by atoms with van der Waals surface area (Å²) in [5, 5.41) is 24.5. The zero-order valence-corrected chi connectivity index (χ0v) is 14.9. The second-order valence-corrected chi connectivity index (χ2v) is 7.48. The lowest BCUT2D eigenvalue weighted by molar-refractivity contribution is -0.139. The molecule has 0 spiro atoms. The highest BCUT2D eigenvalue weighted by Gasteiger charge is 2.37. The molecule has 2 N–H and O–H groups in total. The third-order valence-electron chi connectivity index (χ3n) is 5.24. The molecule has 4 rings (SSSR count). The van der Waals surface area contributed by atoms with Crippen LogP contribution in [-0.4, -0.2) is 61.4 Å². The van der Waals surface area contributed by atoms with E-state index in [1.807, 2.05) is 31.2 Å². The summed E-state index contributed by atoms with van der Waals surface area (Å²) in [4.78, 5) is 13.3. The maximum Gasteiger partial charge on any atom is 0.317 e. The van der Waals surface area contributed by atoms with E-state index in [4.69, 9.17) is 5.11 Å². The number of carbonyl (C=O) groups is 1. The van der Waals surface area contributed by atoms with E-state index in [-0.39, 0.29) is 12.6 Å². The highest BCUT2D eigenvalue weighted by Crippen LogP contribution is 2.34. The fraction of sp³-hybridized carbons (Fsp3) is 0.556. The zero-order valence-electron chi connectivity index (χ0n) is 14.9. The van der Waals surface area contributed by atoms with Gasteiger partial charge < -0.3 is 10.4 Å². The largest absolute Gasteiger partial charge is 0.480 e. The smallest absolute Gasteiger partial charge is 0.317 e. The predicted molar refractivity (Wildman–Crippen MR) is 96.3 cm³/mol. The van der Waals surface area contributed by atoms with Crippen LogP contribution in [-0.2, 0) is 4.79 Å². The first-order chi connectivity index (χ1) is 12.6. The third-order valence-corrected chi connectivity index (χ3v) is 5.24. The molecule has 0 atom stereocenters. The number of aromatic nitrogens is 4. The van der Waals surface area contributed by atoms with Crippen molar-refractivity contribution in [1.29, 1.82) is 0 Å². The van der Waals surface area contributed by atoms with Crippen LogP contribution in [0.5, 0.6) is 0 Å². The van der Waals surface area contributed by atoms with E-state index < -0.39 is 5.97 Å². The topological polar surface area (TPSA) is 96.2 Å². The van der Waals surface area contributed by atoms with Crippen LogP contribution in [0.25, 0.3) is 5.69 Å². The summed E-state index contributed by atoms with van der Waals surface area (Å²) in [7, 11) is 0. The summed E-state index contributed by atoms with van der Waals surface area (Å²) >= 11 is 0. The fourth-order valence-corrected chi connectivity index (χ4v) is 3.47. The summed E-state index contributed by atoms with van der Waals surface area (Å²) in [5.74, 6) is 0.574. The molecular formula is C18H24N6O2. The summed E-state index contributed by atoms with van der Waals surface area (Å²) in [5.41, 5.74) is 2.10. The van der Waals surface area contributed by atoms with E-state index in [1.165, 1.54) is 18.4 Å². The molecule has 1 heterocycles. The minimum Gasteiger partial charge on any atom is -0.480 e. The molecule has 2 aliphatic rings. The summed E-state index contributed by atoms with van der Waals surface area (Å²) in [6.07, 6.45) is 4.30. The molecule has 1 aromatic carbocycles. The molecule has 1 aromatic heterocycles. The van der Waals surface area contributed by atoms with Crippen molar-refractivity contribution < 1.29 is 9.90 Å². The summed E-state index contributed by atoms with van der Waals surface area (Å²) in [6, 6.07) is 8.64. The molecule has 8 nitrogen and oxygen atoms in total. The van der Waals surface area contributed by atoms with Crippen LogP contribution in [0.3, 0.4) is 0 Å². The minimum atomic E-state index is -0.745. The molecule has 0 aliphatic heterocycles. The van der Waals surface area contributed by atoms with Gasteiger partial charge in [0.25, 0.3) is 0 Å². The standard InChI is InChI=1S/C18H24N6O2/c1-12-2-6-15(7-3-12)24-18(20-21-22-24)19-14-8-16(9-14)23(11-17(25)26)10-13-4-5-13/h2-3,6-7,13-14,16H,4-5,8-11H2,1H3,(H,25,26)(H,19,20,22). The van der Waals surface area contributed by atoms with Crippen LogP contribution in [0.15, 0.2) is 24.3 Å². The fourth-order valence-electron chi connectivity index (χ4n) is 3.47. The molecule has 0 amide bonds. The van der Waals surface area contributed by atoms with Crippen molar-refractivity contribution >= 4 is 11.9 Å². The van der Waals surface area contributed by atoms with Crippen LogP contribution in [0.2, 0.25) is 0 Å². The summed E-state index contributed by atoms with van der Waals surface area (Å²) < 4.78 is 1.70. The van der Waals surface area contributed by atoms with Crippen LogP contribution in [0, 0.1) is 12.8 Å². The number of carboxylic acids is 1. The maximum atomic E-state index is 11.1. The van der Waals surface area contributed by atoms with E-state index in [1.54, 1.807) is 4.68 Å². The van der Waals surface area contributed by atoms with Crippen LogP contribution in [0.1, 0.15) is 31.2 Å². The number of nitrogens with one attached hydrogen (secondary N) is 1. The molecule has 2 aliphatic carbocycles. The first-order valence-electron chi connectivity index (χ1n) is 9.16. The molecule has 0 radical (unpaired) electrons. The second kappa shape index (κ2) is 7.03. The van der Waals surface area contributed by atoms with Crippen molar-refractivity contribution in [1.82, 2.24) is 25.1 Å². The molecule has 138 valence electrons. The molecular weight excluding hydrogens is 332 g/mol. The molecule has 26 heavy (non-hydrogen) atoms.